The first-order chi connectivity index (χ1) is 13.0. The fourth-order valence-electron chi connectivity index (χ4n) is 3.51. The third kappa shape index (κ3) is 2.94. The van der Waals surface area contributed by atoms with Gasteiger partial charge in [0.1, 0.15) is 0 Å². The number of carbonyl (C=O) groups is 1. The van der Waals surface area contributed by atoms with Gasteiger partial charge in [-0.05, 0) is 24.6 Å². The number of hydrogen-bond acceptors (Lipinski definition) is 3. The minimum Gasteiger partial charge on any atom is -0.293 e. The number of rotatable bonds is 4. The maximum Gasteiger partial charge on any atom is 0.248 e. The van der Waals surface area contributed by atoms with Crippen molar-refractivity contribution < 1.29 is 13.2 Å². The van der Waals surface area contributed by atoms with Gasteiger partial charge in [0, 0.05) is 5.56 Å². The molecule has 4 rings (SSSR count). The summed E-state index contributed by atoms with van der Waals surface area (Å²) in [5, 5.41) is -1.12. The third-order valence-corrected chi connectivity index (χ3v) is 6.98. The maximum absolute atomic E-state index is 13.1. The van der Waals surface area contributed by atoms with Crippen LogP contribution in [-0.4, -0.2) is 19.5 Å². The Morgan fingerprint density at radius 2 is 1.37 bits per heavy atom. The van der Waals surface area contributed by atoms with E-state index in [1.54, 1.807) is 42.5 Å². The van der Waals surface area contributed by atoms with Gasteiger partial charge in [0.05, 0.1) is 11.7 Å². The van der Waals surface area contributed by atoms with E-state index in [4.69, 9.17) is 0 Å². The van der Waals surface area contributed by atoms with E-state index in [1.807, 2.05) is 49.4 Å². The molecule has 1 aliphatic heterocycles. The van der Waals surface area contributed by atoms with Gasteiger partial charge in [0.15, 0.2) is 11.0 Å². The number of sulfonamides is 1. The first kappa shape index (κ1) is 17.5. The molecule has 2 atom stereocenters. The van der Waals surface area contributed by atoms with Crippen molar-refractivity contribution in [1.29, 1.82) is 0 Å². The normalized spacial score (nSPS) is 20.7. The third-order valence-electron chi connectivity index (χ3n) is 4.88. The van der Waals surface area contributed by atoms with Gasteiger partial charge in [-0.2, -0.15) is 0 Å². The molecule has 0 spiro atoms. The standard InChI is InChI=1S/C22H19NO3S/c1-16-12-14-19(15-13-16)23-20(17-8-4-2-5-9-17)22(27(23,25)26)21(24)18-10-6-3-7-11-18/h2-15,20,22H,1H3/t20-,22-/m0/s1. The Balaban J connectivity index is 1.81. The fraction of sp³-hybridized carbons (Fsp3) is 0.136. The molecule has 3 aromatic rings. The van der Waals surface area contributed by atoms with Crippen molar-refractivity contribution in [1.82, 2.24) is 0 Å². The van der Waals surface area contributed by atoms with Crippen LogP contribution in [0.5, 0.6) is 0 Å². The predicted molar refractivity (Wildman–Crippen MR) is 106 cm³/mol. The van der Waals surface area contributed by atoms with Crippen molar-refractivity contribution in [2.45, 2.75) is 18.2 Å². The molecule has 1 aliphatic rings. The molecule has 27 heavy (non-hydrogen) atoms. The van der Waals surface area contributed by atoms with Crippen LogP contribution in [0.3, 0.4) is 0 Å². The molecule has 136 valence electrons. The first-order valence-corrected chi connectivity index (χ1v) is 10.2. The minimum absolute atomic E-state index is 0.368. The van der Waals surface area contributed by atoms with Crippen LogP contribution < -0.4 is 4.31 Å². The lowest BCUT2D eigenvalue weighted by Crippen LogP contribution is -2.61. The van der Waals surface area contributed by atoms with Gasteiger partial charge in [0.25, 0.3) is 0 Å². The lowest BCUT2D eigenvalue weighted by atomic mass is 9.96. The Labute approximate surface area is 159 Å². The quantitative estimate of drug-likeness (QED) is 0.642. The van der Waals surface area contributed by atoms with E-state index in [2.05, 4.69) is 0 Å². The molecule has 1 heterocycles. The van der Waals surface area contributed by atoms with Gasteiger partial charge in [0.2, 0.25) is 10.0 Å². The van der Waals surface area contributed by atoms with E-state index < -0.39 is 21.3 Å². The van der Waals surface area contributed by atoms with E-state index in [9.17, 15) is 13.2 Å². The summed E-state index contributed by atoms with van der Waals surface area (Å²) in [4.78, 5) is 13.1. The molecular formula is C22H19NO3S. The van der Waals surface area contributed by atoms with Gasteiger partial charge in [-0.3, -0.25) is 9.10 Å². The van der Waals surface area contributed by atoms with Crippen LogP contribution in [0.4, 0.5) is 5.69 Å². The molecule has 0 aromatic heterocycles. The highest BCUT2D eigenvalue weighted by Gasteiger charge is 2.58. The van der Waals surface area contributed by atoms with Gasteiger partial charge in [-0.1, -0.05) is 78.4 Å². The number of nitrogens with zero attached hydrogens (tertiary/aromatic N) is 1. The summed E-state index contributed by atoms with van der Waals surface area (Å²) in [7, 11) is -3.79. The van der Waals surface area contributed by atoms with E-state index in [1.165, 1.54) is 4.31 Å². The number of benzene rings is 3. The summed E-state index contributed by atoms with van der Waals surface area (Å²) in [5.41, 5.74) is 2.84. The summed E-state index contributed by atoms with van der Waals surface area (Å²) in [6, 6.07) is 24.7. The van der Waals surface area contributed by atoms with Crippen molar-refractivity contribution >= 4 is 21.5 Å². The first-order valence-electron chi connectivity index (χ1n) is 8.74. The summed E-state index contributed by atoms with van der Waals surface area (Å²) in [6.07, 6.45) is 0. The molecule has 4 nitrogen and oxygen atoms in total. The molecule has 0 amide bonds. The molecule has 5 heteroatoms. The zero-order chi connectivity index (χ0) is 19.0. The van der Waals surface area contributed by atoms with Crippen molar-refractivity contribution in [3.63, 3.8) is 0 Å². The van der Waals surface area contributed by atoms with Gasteiger partial charge in [-0.25, -0.2) is 8.42 Å². The number of hydrogen-bond donors (Lipinski definition) is 0. The van der Waals surface area contributed by atoms with Gasteiger partial charge in [-0.15, -0.1) is 0 Å². The number of aryl methyl sites for hydroxylation is 1. The predicted octanol–water partition coefficient (Wildman–Crippen LogP) is 4.14. The van der Waals surface area contributed by atoms with E-state index in [-0.39, 0.29) is 5.78 Å². The van der Waals surface area contributed by atoms with Gasteiger partial charge >= 0.3 is 0 Å². The summed E-state index contributed by atoms with van der Waals surface area (Å²) in [6.45, 7) is 1.95. The van der Waals surface area contributed by atoms with Crippen LogP contribution in [0.15, 0.2) is 84.9 Å². The molecule has 0 saturated carbocycles. The average molecular weight is 377 g/mol. The van der Waals surface area contributed by atoms with Crippen LogP contribution in [-0.2, 0) is 10.0 Å². The lowest BCUT2D eigenvalue weighted by molar-refractivity contribution is 0.0971. The van der Waals surface area contributed by atoms with Crippen molar-refractivity contribution in [2.75, 3.05) is 4.31 Å². The SMILES string of the molecule is Cc1ccc(N2[C@@H](c3ccccc3)[C@@H](C(=O)c3ccccc3)S2(=O)=O)cc1. The molecule has 0 aliphatic carbocycles. The van der Waals surface area contributed by atoms with Crippen LogP contribution in [0.2, 0.25) is 0 Å². The monoisotopic (exact) mass is 377 g/mol. The molecule has 1 fully saturated rings. The molecule has 0 bridgehead atoms. The van der Waals surface area contributed by atoms with Crippen LogP contribution in [0.25, 0.3) is 0 Å². The molecule has 0 N–H and O–H groups in total. The van der Waals surface area contributed by atoms with Crippen LogP contribution >= 0.6 is 0 Å². The molecule has 0 unspecified atom stereocenters. The number of ketones is 1. The zero-order valence-electron chi connectivity index (χ0n) is 14.8. The second-order valence-corrected chi connectivity index (χ2v) is 8.61. The van der Waals surface area contributed by atoms with E-state index in [0.29, 0.717) is 11.3 Å². The Bertz CT molecular complexity index is 1060. The highest BCUT2D eigenvalue weighted by Crippen LogP contribution is 2.46. The van der Waals surface area contributed by atoms with E-state index >= 15 is 0 Å². The van der Waals surface area contributed by atoms with Crippen molar-refractivity contribution in [3.05, 3.63) is 102 Å². The highest BCUT2D eigenvalue weighted by atomic mass is 32.2. The maximum atomic E-state index is 13.1. The molecule has 0 radical (unpaired) electrons. The Kier molecular flexibility index (Phi) is 4.32. The van der Waals surface area contributed by atoms with Crippen LogP contribution in [0.1, 0.15) is 27.5 Å². The number of anilines is 1. The lowest BCUT2D eigenvalue weighted by Gasteiger charge is -2.47. The average Bonchev–Trinajstić information content (AvgIpc) is 2.69. The Morgan fingerprint density at radius 3 is 1.96 bits per heavy atom. The fourth-order valence-corrected chi connectivity index (χ4v) is 5.55. The molecular weight excluding hydrogens is 358 g/mol. The number of carbonyl (C=O) groups excluding carboxylic acids is 1. The van der Waals surface area contributed by atoms with E-state index in [0.717, 1.165) is 11.1 Å². The second kappa shape index (κ2) is 6.67. The Hall–Kier alpha value is -2.92. The second-order valence-electron chi connectivity index (χ2n) is 6.68. The summed E-state index contributed by atoms with van der Waals surface area (Å²) < 4.78 is 27.6. The highest BCUT2D eigenvalue weighted by molar-refractivity contribution is 7.95. The smallest absolute Gasteiger partial charge is 0.248 e. The Morgan fingerprint density at radius 1 is 0.815 bits per heavy atom. The van der Waals surface area contributed by atoms with Crippen LogP contribution in [0, 0.1) is 6.92 Å². The molecule has 3 aromatic carbocycles. The largest absolute Gasteiger partial charge is 0.293 e. The topological polar surface area (TPSA) is 54.5 Å². The number of Topliss-reactive ketones (excluding diaryl/α,β-unsaturated/α-hetero) is 1. The summed E-state index contributed by atoms with van der Waals surface area (Å²) in [5.74, 6) is -0.368. The van der Waals surface area contributed by atoms with Gasteiger partial charge < -0.3 is 0 Å². The van der Waals surface area contributed by atoms with Crippen molar-refractivity contribution in [3.8, 4) is 0 Å². The molecule has 1 saturated heterocycles. The zero-order valence-corrected chi connectivity index (χ0v) is 15.6. The summed E-state index contributed by atoms with van der Waals surface area (Å²) >= 11 is 0. The van der Waals surface area contributed by atoms with Crippen molar-refractivity contribution in [2.24, 2.45) is 0 Å². The minimum atomic E-state index is -3.79.